The first-order chi connectivity index (χ1) is 3.70. The number of likely N-dealkylation sites (N-methyl/N-ethyl adjacent to an activating group) is 1. The van der Waals surface area contributed by atoms with E-state index >= 15 is 0 Å². The van der Waals surface area contributed by atoms with Gasteiger partial charge in [0.25, 0.3) is 0 Å². The Balaban J connectivity index is 2.39. The maximum Gasteiger partial charge on any atom is 0.129 e. The number of alkyl halides is 1. The Morgan fingerprint density at radius 2 is 2.25 bits per heavy atom. The van der Waals surface area contributed by atoms with E-state index in [0.717, 1.165) is 0 Å². The first kappa shape index (κ1) is 5.98. The lowest BCUT2D eigenvalue weighted by Gasteiger charge is -2.02. The van der Waals surface area contributed by atoms with Gasteiger partial charge in [-0.1, -0.05) is 0 Å². The second kappa shape index (κ2) is 1.99. The molecule has 8 heavy (non-hydrogen) atoms. The summed E-state index contributed by atoms with van der Waals surface area (Å²) in [5, 5.41) is 0. The Morgan fingerprint density at radius 1 is 1.62 bits per heavy atom. The van der Waals surface area contributed by atoms with Crippen LogP contribution in [0.5, 0.6) is 0 Å². The minimum absolute atomic E-state index is 0.250. The molecule has 0 aromatic heterocycles. The van der Waals surface area contributed by atoms with Crippen molar-refractivity contribution in [3.8, 4) is 0 Å². The van der Waals surface area contributed by atoms with Gasteiger partial charge in [-0.25, -0.2) is 4.39 Å². The molecule has 48 valence electrons. The average molecular weight is 118 g/mol. The number of likely N-dealkylation sites (tertiary alicyclic amines) is 1. The molecule has 0 aliphatic carbocycles. The van der Waals surface area contributed by atoms with Crippen LogP contribution in [0.25, 0.3) is 0 Å². The highest BCUT2D eigenvalue weighted by atomic mass is 19.1. The predicted octanol–water partition coefficient (Wildman–Crippen LogP) is -0.403. The maximum absolute atomic E-state index is 12.4. The molecule has 0 aromatic carbocycles. The van der Waals surface area contributed by atoms with Crippen LogP contribution in [-0.4, -0.2) is 37.3 Å². The van der Waals surface area contributed by atoms with Crippen molar-refractivity contribution in [2.75, 3.05) is 20.1 Å². The zero-order valence-corrected chi connectivity index (χ0v) is 4.97. The van der Waals surface area contributed by atoms with Crippen LogP contribution in [0.2, 0.25) is 0 Å². The van der Waals surface area contributed by atoms with Gasteiger partial charge in [-0.05, 0) is 7.05 Å². The fraction of sp³-hybridized carbons (Fsp3) is 1.00. The van der Waals surface area contributed by atoms with Gasteiger partial charge >= 0.3 is 0 Å². The third-order valence-corrected chi connectivity index (χ3v) is 1.47. The zero-order valence-electron chi connectivity index (χ0n) is 4.97. The van der Waals surface area contributed by atoms with Crippen molar-refractivity contribution in [2.45, 2.75) is 12.2 Å². The van der Waals surface area contributed by atoms with Crippen LogP contribution in [0, 0.1) is 0 Å². The van der Waals surface area contributed by atoms with Crippen LogP contribution in [-0.2, 0) is 0 Å². The van der Waals surface area contributed by atoms with Crippen LogP contribution in [0.1, 0.15) is 0 Å². The minimum atomic E-state index is -0.806. The molecule has 3 heteroatoms. The molecule has 2 N–H and O–H groups in total. The lowest BCUT2D eigenvalue weighted by molar-refractivity contribution is 0.309. The summed E-state index contributed by atoms with van der Waals surface area (Å²) in [6.07, 6.45) is -0.806. The van der Waals surface area contributed by atoms with Crippen molar-refractivity contribution in [1.82, 2.24) is 4.90 Å². The summed E-state index contributed by atoms with van der Waals surface area (Å²) >= 11 is 0. The van der Waals surface area contributed by atoms with Gasteiger partial charge in [0.2, 0.25) is 0 Å². The van der Waals surface area contributed by atoms with Gasteiger partial charge in [-0.2, -0.15) is 0 Å². The molecule has 0 spiro atoms. The van der Waals surface area contributed by atoms with Crippen molar-refractivity contribution in [3.63, 3.8) is 0 Å². The van der Waals surface area contributed by atoms with E-state index in [1.54, 1.807) is 0 Å². The summed E-state index contributed by atoms with van der Waals surface area (Å²) in [5.74, 6) is 0. The highest BCUT2D eigenvalue weighted by molar-refractivity contribution is 4.84. The highest BCUT2D eigenvalue weighted by Crippen LogP contribution is 2.07. The predicted molar refractivity (Wildman–Crippen MR) is 30.4 cm³/mol. The quantitative estimate of drug-likeness (QED) is 0.469. The number of hydrogen-bond donors (Lipinski definition) is 1. The van der Waals surface area contributed by atoms with E-state index in [-0.39, 0.29) is 6.04 Å². The summed E-state index contributed by atoms with van der Waals surface area (Å²) in [7, 11) is 1.87. The van der Waals surface area contributed by atoms with E-state index in [2.05, 4.69) is 0 Å². The van der Waals surface area contributed by atoms with Crippen LogP contribution in [0.15, 0.2) is 0 Å². The summed E-state index contributed by atoms with van der Waals surface area (Å²) in [5.41, 5.74) is 5.35. The largest absolute Gasteiger partial charge is 0.324 e. The van der Waals surface area contributed by atoms with E-state index in [1.165, 1.54) is 0 Å². The Kier molecular flexibility index (Phi) is 1.49. The van der Waals surface area contributed by atoms with Gasteiger partial charge in [0.1, 0.15) is 6.17 Å². The molecule has 0 amide bonds. The van der Waals surface area contributed by atoms with Gasteiger partial charge in [0, 0.05) is 19.1 Å². The Hall–Kier alpha value is -0.150. The SMILES string of the molecule is CN1C[C@@H](F)[C@@H](N)C1. The van der Waals surface area contributed by atoms with Crippen LogP contribution in [0.4, 0.5) is 4.39 Å². The number of rotatable bonds is 0. The van der Waals surface area contributed by atoms with Crippen LogP contribution in [0.3, 0.4) is 0 Å². The molecule has 0 unspecified atom stereocenters. The van der Waals surface area contributed by atoms with E-state index in [1.807, 2.05) is 11.9 Å². The Bertz CT molecular complexity index is 76.5. The molecule has 1 fully saturated rings. The van der Waals surface area contributed by atoms with Crippen molar-refractivity contribution in [2.24, 2.45) is 5.73 Å². The monoisotopic (exact) mass is 118 g/mol. The lowest BCUT2D eigenvalue weighted by atomic mass is 10.3. The molecule has 0 bridgehead atoms. The molecule has 1 saturated heterocycles. The van der Waals surface area contributed by atoms with Gasteiger partial charge < -0.3 is 10.6 Å². The molecule has 0 saturated carbocycles. The van der Waals surface area contributed by atoms with Gasteiger partial charge in [0.05, 0.1) is 0 Å². The smallest absolute Gasteiger partial charge is 0.129 e. The summed E-state index contributed by atoms with van der Waals surface area (Å²) in [6, 6.07) is -0.250. The molecule has 2 atom stereocenters. The van der Waals surface area contributed by atoms with Gasteiger partial charge in [0.15, 0.2) is 0 Å². The zero-order chi connectivity index (χ0) is 6.15. The molecular weight excluding hydrogens is 107 g/mol. The van der Waals surface area contributed by atoms with Crippen LogP contribution >= 0.6 is 0 Å². The number of halogens is 1. The van der Waals surface area contributed by atoms with Crippen molar-refractivity contribution in [1.29, 1.82) is 0 Å². The fourth-order valence-electron chi connectivity index (χ4n) is 0.982. The minimum Gasteiger partial charge on any atom is -0.324 e. The van der Waals surface area contributed by atoms with E-state index in [0.29, 0.717) is 13.1 Å². The molecule has 1 rings (SSSR count). The van der Waals surface area contributed by atoms with Crippen LogP contribution < -0.4 is 5.73 Å². The maximum atomic E-state index is 12.4. The topological polar surface area (TPSA) is 29.3 Å². The molecule has 1 heterocycles. The van der Waals surface area contributed by atoms with Crippen molar-refractivity contribution < 1.29 is 4.39 Å². The number of nitrogens with zero attached hydrogens (tertiary/aromatic N) is 1. The number of hydrogen-bond acceptors (Lipinski definition) is 2. The summed E-state index contributed by atoms with van der Waals surface area (Å²) in [6.45, 7) is 1.20. The lowest BCUT2D eigenvalue weighted by Crippen LogP contribution is -2.29. The Labute approximate surface area is 48.5 Å². The van der Waals surface area contributed by atoms with E-state index in [4.69, 9.17) is 5.73 Å². The van der Waals surface area contributed by atoms with E-state index in [9.17, 15) is 4.39 Å². The Morgan fingerprint density at radius 3 is 2.38 bits per heavy atom. The van der Waals surface area contributed by atoms with Gasteiger partial charge in [-0.3, -0.25) is 0 Å². The summed E-state index contributed by atoms with van der Waals surface area (Å²) in [4.78, 5) is 1.90. The third-order valence-electron chi connectivity index (χ3n) is 1.47. The highest BCUT2D eigenvalue weighted by Gasteiger charge is 2.26. The molecule has 1 aliphatic rings. The molecule has 2 nitrogen and oxygen atoms in total. The molecule has 1 aliphatic heterocycles. The standard InChI is InChI=1S/C5H11FN2/c1-8-2-4(6)5(7)3-8/h4-5H,2-3,7H2,1H3/t4-,5+/m1/s1. The molecule has 0 aromatic rings. The van der Waals surface area contributed by atoms with Gasteiger partial charge in [-0.15, -0.1) is 0 Å². The normalized spacial score (nSPS) is 40.9. The van der Waals surface area contributed by atoms with Crippen molar-refractivity contribution >= 4 is 0 Å². The molecule has 0 radical (unpaired) electrons. The third kappa shape index (κ3) is 0.980. The van der Waals surface area contributed by atoms with Crippen molar-refractivity contribution in [3.05, 3.63) is 0 Å². The first-order valence-electron chi connectivity index (χ1n) is 2.78. The fourth-order valence-corrected chi connectivity index (χ4v) is 0.982. The first-order valence-corrected chi connectivity index (χ1v) is 2.78. The average Bonchev–Trinajstić information content (AvgIpc) is 1.85. The second-order valence-electron chi connectivity index (χ2n) is 2.40. The van der Waals surface area contributed by atoms with E-state index < -0.39 is 6.17 Å². The second-order valence-corrected chi connectivity index (χ2v) is 2.40. The molecular formula is C5H11FN2. The number of nitrogens with two attached hydrogens (primary N) is 1. The summed E-state index contributed by atoms with van der Waals surface area (Å²) < 4.78 is 12.4.